The third kappa shape index (κ3) is 4.77. The first-order valence-corrected chi connectivity index (χ1v) is 5.02. The Morgan fingerprint density at radius 2 is 2.00 bits per heavy atom. The van der Waals surface area contributed by atoms with Gasteiger partial charge in [-0.05, 0) is 12.8 Å². The van der Waals surface area contributed by atoms with Crippen LogP contribution in [0.2, 0.25) is 0 Å². The number of amides is 2. The van der Waals surface area contributed by atoms with Crippen LogP contribution in [0.15, 0.2) is 0 Å². The van der Waals surface area contributed by atoms with Crippen LogP contribution >= 0.6 is 12.6 Å². The number of carbonyl (C=O) groups is 2. The third-order valence-electron chi connectivity index (χ3n) is 1.76. The van der Waals surface area contributed by atoms with Gasteiger partial charge in [-0.3, -0.25) is 9.59 Å². The number of carbonyl (C=O) groups excluding carboxylic acids is 2. The molecule has 0 unspecified atom stereocenters. The number of hydrogen-bond donors (Lipinski definition) is 3. The lowest BCUT2D eigenvalue weighted by Crippen LogP contribution is -2.32. The van der Waals surface area contributed by atoms with Crippen molar-refractivity contribution >= 4 is 24.4 Å². The molecule has 2 N–H and O–H groups in total. The quantitative estimate of drug-likeness (QED) is 0.536. The van der Waals surface area contributed by atoms with Crippen molar-refractivity contribution in [2.24, 2.45) is 0 Å². The summed E-state index contributed by atoms with van der Waals surface area (Å²) in [5.41, 5.74) is 0. The summed E-state index contributed by atoms with van der Waals surface area (Å²) in [6.45, 7) is 0.401. The Hall–Kier alpha value is -0.710. The lowest BCUT2D eigenvalue weighted by molar-refractivity contribution is -0.121. The van der Waals surface area contributed by atoms with Gasteiger partial charge in [0.15, 0.2) is 0 Å². The van der Waals surface area contributed by atoms with E-state index in [0.29, 0.717) is 19.0 Å². The van der Waals surface area contributed by atoms with Gasteiger partial charge in [0.25, 0.3) is 0 Å². The van der Waals surface area contributed by atoms with Crippen LogP contribution in [-0.4, -0.2) is 30.2 Å². The molecule has 0 heterocycles. The molecule has 0 aliphatic heterocycles. The maximum atomic E-state index is 11.1. The molecule has 1 rings (SSSR count). The zero-order chi connectivity index (χ0) is 9.68. The fourth-order valence-corrected chi connectivity index (χ4v) is 1.01. The van der Waals surface area contributed by atoms with E-state index in [9.17, 15) is 9.59 Å². The molecular formula is C8H14N2O2S. The van der Waals surface area contributed by atoms with Crippen LogP contribution in [0.3, 0.4) is 0 Å². The van der Waals surface area contributed by atoms with Gasteiger partial charge in [0.1, 0.15) is 0 Å². The molecule has 0 bridgehead atoms. The second-order valence-electron chi connectivity index (χ2n) is 3.10. The highest BCUT2D eigenvalue weighted by Gasteiger charge is 2.22. The molecule has 5 heteroatoms. The van der Waals surface area contributed by atoms with Crippen LogP contribution in [-0.2, 0) is 9.59 Å². The molecule has 74 valence electrons. The molecule has 13 heavy (non-hydrogen) atoms. The van der Waals surface area contributed by atoms with Crippen LogP contribution in [0.25, 0.3) is 0 Å². The second kappa shape index (κ2) is 5.11. The van der Waals surface area contributed by atoms with E-state index in [1.165, 1.54) is 0 Å². The smallest absolute Gasteiger partial charge is 0.229 e. The zero-order valence-corrected chi connectivity index (χ0v) is 8.27. The highest BCUT2D eigenvalue weighted by molar-refractivity contribution is 7.81. The molecule has 0 radical (unpaired) electrons. The molecule has 1 saturated carbocycles. The number of thiol groups is 1. The summed E-state index contributed by atoms with van der Waals surface area (Å²) >= 11 is 3.79. The van der Waals surface area contributed by atoms with Gasteiger partial charge in [0.05, 0.1) is 5.75 Å². The van der Waals surface area contributed by atoms with Gasteiger partial charge in [-0.2, -0.15) is 12.6 Å². The van der Waals surface area contributed by atoms with Crippen molar-refractivity contribution in [3.05, 3.63) is 0 Å². The van der Waals surface area contributed by atoms with E-state index in [1.54, 1.807) is 0 Å². The van der Waals surface area contributed by atoms with E-state index in [2.05, 4.69) is 23.3 Å². The third-order valence-corrected chi connectivity index (χ3v) is 2.05. The highest BCUT2D eigenvalue weighted by Crippen LogP contribution is 2.18. The molecule has 0 aromatic carbocycles. The Morgan fingerprint density at radius 1 is 1.31 bits per heavy atom. The van der Waals surface area contributed by atoms with Gasteiger partial charge >= 0.3 is 0 Å². The minimum Gasteiger partial charge on any atom is -0.355 e. The van der Waals surface area contributed by atoms with Crippen molar-refractivity contribution in [1.29, 1.82) is 0 Å². The van der Waals surface area contributed by atoms with Crippen molar-refractivity contribution in [2.45, 2.75) is 25.3 Å². The molecular weight excluding hydrogens is 188 g/mol. The van der Waals surface area contributed by atoms with E-state index in [-0.39, 0.29) is 17.6 Å². The molecule has 4 nitrogen and oxygen atoms in total. The predicted molar refractivity (Wildman–Crippen MR) is 52.6 cm³/mol. The molecule has 0 aromatic heterocycles. The Balaban J connectivity index is 1.97. The molecule has 0 atom stereocenters. The van der Waals surface area contributed by atoms with Gasteiger partial charge in [-0.15, -0.1) is 0 Å². The Kier molecular flexibility index (Phi) is 4.08. The Labute approximate surface area is 82.9 Å². The van der Waals surface area contributed by atoms with Gasteiger partial charge in [-0.25, -0.2) is 0 Å². The summed E-state index contributed by atoms with van der Waals surface area (Å²) in [5.74, 6) is 0.0501. The van der Waals surface area contributed by atoms with Crippen molar-refractivity contribution in [2.75, 3.05) is 12.3 Å². The monoisotopic (exact) mass is 202 g/mol. The number of nitrogens with one attached hydrogen (secondary N) is 2. The number of hydrogen-bond acceptors (Lipinski definition) is 3. The standard InChI is InChI=1S/C8H14N2O2S/c11-7(10-6-1-2-6)3-4-9-8(12)5-13/h6,13H,1-5H2,(H,9,12)(H,10,11). The average Bonchev–Trinajstić information content (AvgIpc) is 2.88. The molecule has 1 fully saturated rings. The summed E-state index contributed by atoms with van der Waals surface area (Å²) in [6, 6.07) is 0.396. The molecule has 0 aromatic rings. The van der Waals surface area contributed by atoms with Crippen molar-refractivity contribution in [3.8, 4) is 0 Å². The Bertz CT molecular complexity index is 204. The van der Waals surface area contributed by atoms with Crippen molar-refractivity contribution in [3.63, 3.8) is 0 Å². The summed E-state index contributed by atoms with van der Waals surface area (Å²) in [4.78, 5) is 21.8. The van der Waals surface area contributed by atoms with Crippen LogP contribution in [0.5, 0.6) is 0 Å². The largest absolute Gasteiger partial charge is 0.355 e. The van der Waals surface area contributed by atoms with E-state index < -0.39 is 0 Å². The average molecular weight is 202 g/mol. The SMILES string of the molecule is O=C(CS)NCCC(=O)NC1CC1. The van der Waals surface area contributed by atoms with Crippen LogP contribution in [0.4, 0.5) is 0 Å². The Morgan fingerprint density at radius 3 is 2.54 bits per heavy atom. The summed E-state index contributed by atoms with van der Waals surface area (Å²) in [7, 11) is 0. The molecule has 0 spiro atoms. The summed E-state index contributed by atoms with van der Waals surface area (Å²) in [5, 5.41) is 5.42. The first kappa shape index (κ1) is 10.4. The fraction of sp³-hybridized carbons (Fsp3) is 0.750. The molecule has 1 aliphatic carbocycles. The maximum absolute atomic E-state index is 11.1. The minimum absolute atomic E-state index is 0.0157. The van der Waals surface area contributed by atoms with Gasteiger partial charge in [0.2, 0.25) is 11.8 Å². The first-order chi connectivity index (χ1) is 6.22. The van der Waals surface area contributed by atoms with Gasteiger partial charge in [-0.1, -0.05) is 0 Å². The van der Waals surface area contributed by atoms with E-state index in [0.717, 1.165) is 12.8 Å². The maximum Gasteiger partial charge on any atom is 0.229 e. The summed E-state index contributed by atoms with van der Waals surface area (Å²) in [6.07, 6.45) is 2.54. The first-order valence-electron chi connectivity index (χ1n) is 4.39. The molecule has 1 aliphatic rings. The van der Waals surface area contributed by atoms with Crippen molar-refractivity contribution in [1.82, 2.24) is 10.6 Å². The topological polar surface area (TPSA) is 58.2 Å². The highest BCUT2D eigenvalue weighted by atomic mass is 32.1. The zero-order valence-electron chi connectivity index (χ0n) is 7.38. The summed E-state index contributed by atoms with van der Waals surface area (Å²) < 4.78 is 0. The van der Waals surface area contributed by atoms with Gasteiger partial charge < -0.3 is 10.6 Å². The lowest BCUT2D eigenvalue weighted by Gasteiger charge is -2.03. The van der Waals surface area contributed by atoms with Crippen molar-refractivity contribution < 1.29 is 9.59 Å². The predicted octanol–water partition coefficient (Wildman–Crippen LogP) is -0.299. The second-order valence-corrected chi connectivity index (χ2v) is 3.42. The van der Waals surface area contributed by atoms with Gasteiger partial charge in [0, 0.05) is 19.0 Å². The van der Waals surface area contributed by atoms with E-state index in [1.807, 2.05) is 0 Å². The minimum atomic E-state index is -0.137. The molecule has 0 saturated heterocycles. The number of rotatable bonds is 5. The normalized spacial score (nSPS) is 15.2. The van der Waals surface area contributed by atoms with Crippen LogP contribution in [0, 0.1) is 0 Å². The lowest BCUT2D eigenvalue weighted by atomic mass is 10.4. The van der Waals surface area contributed by atoms with Crippen LogP contribution < -0.4 is 10.6 Å². The fourth-order valence-electron chi connectivity index (χ4n) is 0.899. The van der Waals surface area contributed by atoms with Crippen LogP contribution in [0.1, 0.15) is 19.3 Å². The van der Waals surface area contributed by atoms with E-state index in [4.69, 9.17) is 0 Å². The van der Waals surface area contributed by atoms with E-state index >= 15 is 0 Å². The molecule has 2 amide bonds.